The average Bonchev–Trinajstić information content (AvgIpc) is 2.65. The van der Waals surface area contributed by atoms with Gasteiger partial charge in [-0.1, -0.05) is 23.2 Å². The van der Waals surface area contributed by atoms with Gasteiger partial charge in [0.25, 0.3) is 5.69 Å². The number of nitrogens with zero attached hydrogens (tertiary/aromatic N) is 2. The Morgan fingerprint density at radius 2 is 1.80 bits per heavy atom. The van der Waals surface area contributed by atoms with Gasteiger partial charge in [-0.3, -0.25) is 19.9 Å². The summed E-state index contributed by atoms with van der Waals surface area (Å²) in [5, 5.41) is 14.1. The second kappa shape index (κ2) is 6.46. The number of hydrogen-bond donors (Lipinski definition) is 1. The van der Waals surface area contributed by atoms with E-state index < -0.39 is 4.92 Å². The molecule has 0 saturated carbocycles. The number of nitro groups is 1. The minimum absolute atomic E-state index is 0.0503. The van der Waals surface area contributed by atoms with Crippen LogP contribution in [0.15, 0.2) is 29.3 Å². The number of hydrogen-bond acceptors (Lipinski definition) is 4. The van der Waals surface area contributed by atoms with Crippen LogP contribution in [0.4, 0.5) is 17.1 Å². The van der Waals surface area contributed by atoms with Crippen molar-refractivity contribution in [3.05, 3.63) is 61.1 Å². The summed E-state index contributed by atoms with van der Waals surface area (Å²) in [6, 6.07) is 6.25. The van der Waals surface area contributed by atoms with Gasteiger partial charge in [0.2, 0.25) is 5.91 Å². The van der Waals surface area contributed by atoms with E-state index in [1.807, 2.05) is 26.0 Å². The fourth-order valence-corrected chi connectivity index (χ4v) is 3.14. The number of halogens is 2. The molecule has 128 valence electrons. The average molecular weight is 378 g/mol. The smallest absolute Gasteiger partial charge is 0.288 e. The molecule has 2 aromatic carbocycles. The predicted octanol–water partition coefficient (Wildman–Crippen LogP) is 4.98. The van der Waals surface area contributed by atoms with E-state index >= 15 is 0 Å². The molecule has 1 amide bonds. The monoisotopic (exact) mass is 377 g/mol. The van der Waals surface area contributed by atoms with E-state index in [4.69, 9.17) is 23.2 Å². The number of rotatable bonds is 2. The minimum atomic E-state index is -0.596. The molecule has 0 atom stereocenters. The Morgan fingerprint density at radius 3 is 2.48 bits per heavy atom. The number of benzene rings is 2. The molecule has 0 saturated heterocycles. The van der Waals surface area contributed by atoms with E-state index in [1.54, 1.807) is 0 Å². The summed E-state index contributed by atoms with van der Waals surface area (Å²) in [6.45, 7) is 3.88. The highest BCUT2D eigenvalue weighted by molar-refractivity contribution is 6.38. The molecule has 3 rings (SSSR count). The maximum absolute atomic E-state index is 12.2. The van der Waals surface area contributed by atoms with Crippen molar-refractivity contribution in [1.29, 1.82) is 0 Å². The van der Waals surface area contributed by atoms with Gasteiger partial charge in [-0.05, 0) is 43.2 Å². The van der Waals surface area contributed by atoms with Crippen LogP contribution in [0.3, 0.4) is 0 Å². The van der Waals surface area contributed by atoms with Crippen LogP contribution in [0.25, 0.3) is 0 Å². The largest absolute Gasteiger partial charge is 0.324 e. The summed E-state index contributed by atoms with van der Waals surface area (Å²) in [4.78, 5) is 27.3. The lowest BCUT2D eigenvalue weighted by molar-refractivity contribution is -0.384. The number of fused-ring (bicyclic) bond motifs is 1. The highest BCUT2D eigenvalue weighted by atomic mass is 35.5. The lowest BCUT2D eigenvalue weighted by Gasteiger charge is -2.08. The summed E-state index contributed by atoms with van der Waals surface area (Å²) < 4.78 is 0. The molecule has 1 heterocycles. The number of nitrogens with one attached hydrogen (secondary N) is 1. The number of carbonyl (C=O) groups excluding carboxylic acids is 1. The lowest BCUT2D eigenvalue weighted by Crippen LogP contribution is -2.15. The van der Waals surface area contributed by atoms with Gasteiger partial charge < -0.3 is 5.32 Å². The first kappa shape index (κ1) is 17.4. The van der Waals surface area contributed by atoms with Crippen molar-refractivity contribution in [2.24, 2.45) is 4.99 Å². The van der Waals surface area contributed by atoms with Crippen molar-refractivity contribution in [2.45, 2.75) is 20.3 Å². The van der Waals surface area contributed by atoms with E-state index in [-0.39, 0.29) is 28.1 Å². The third-order valence-electron chi connectivity index (χ3n) is 4.01. The van der Waals surface area contributed by atoms with Crippen LogP contribution < -0.4 is 5.32 Å². The maximum Gasteiger partial charge on any atom is 0.288 e. The van der Waals surface area contributed by atoms with Gasteiger partial charge in [0.05, 0.1) is 33.5 Å². The number of aliphatic imine (C=N–C) groups is 1. The molecule has 0 spiro atoms. The third-order valence-corrected chi connectivity index (χ3v) is 4.63. The zero-order valence-electron chi connectivity index (χ0n) is 13.4. The Hall–Kier alpha value is -2.44. The molecular formula is C17H13Cl2N3O3. The number of amides is 1. The van der Waals surface area contributed by atoms with E-state index in [0.717, 1.165) is 11.1 Å². The number of carbonyl (C=O) groups is 1. The fourth-order valence-electron chi connectivity index (χ4n) is 2.58. The number of aryl methyl sites for hydroxylation is 2. The Kier molecular flexibility index (Phi) is 4.49. The fraction of sp³-hybridized carbons (Fsp3) is 0.176. The molecule has 8 heteroatoms. The highest BCUT2D eigenvalue weighted by Crippen LogP contribution is 2.35. The van der Waals surface area contributed by atoms with Gasteiger partial charge in [0, 0.05) is 11.6 Å². The zero-order chi connectivity index (χ0) is 18.3. The molecule has 1 aliphatic rings. The lowest BCUT2D eigenvalue weighted by atomic mass is 10.1. The second-order valence-corrected chi connectivity index (χ2v) is 6.59. The van der Waals surface area contributed by atoms with Crippen molar-refractivity contribution in [2.75, 3.05) is 5.32 Å². The zero-order valence-corrected chi connectivity index (χ0v) is 14.9. The molecule has 0 aliphatic carbocycles. The van der Waals surface area contributed by atoms with Crippen LogP contribution >= 0.6 is 23.2 Å². The molecule has 0 unspecified atom stereocenters. The summed E-state index contributed by atoms with van der Waals surface area (Å²) in [6.07, 6.45) is -0.0503. The van der Waals surface area contributed by atoms with Crippen LogP contribution in [-0.2, 0) is 4.79 Å². The quantitative estimate of drug-likeness (QED) is 0.591. The summed E-state index contributed by atoms with van der Waals surface area (Å²) in [5.41, 5.74) is 3.61. The normalized spacial score (nSPS) is 13.6. The first-order valence-electron chi connectivity index (χ1n) is 7.38. The van der Waals surface area contributed by atoms with Gasteiger partial charge in [-0.25, -0.2) is 0 Å². The minimum Gasteiger partial charge on any atom is -0.324 e. The predicted molar refractivity (Wildman–Crippen MR) is 98.5 cm³/mol. The van der Waals surface area contributed by atoms with Crippen molar-refractivity contribution in [1.82, 2.24) is 0 Å². The Morgan fingerprint density at radius 1 is 1.12 bits per heavy atom. The van der Waals surface area contributed by atoms with Crippen LogP contribution in [0.2, 0.25) is 10.0 Å². The second-order valence-electron chi connectivity index (χ2n) is 5.78. The van der Waals surface area contributed by atoms with Crippen molar-refractivity contribution in [3.8, 4) is 0 Å². The molecular weight excluding hydrogens is 365 g/mol. The Bertz CT molecular complexity index is 955. The molecule has 0 bridgehead atoms. The topological polar surface area (TPSA) is 84.6 Å². The molecule has 0 radical (unpaired) electrons. The van der Waals surface area contributed by atoms with Gasteiger partial charge >= 0.3 is 0 Å². The van der Waals surface area contributed by atoms with Crippen molar-refractivity contribution >= 4 is 51.9 Å². The van der Waals surface area contributed by atoms with E-state index in [2.05, 4.69) is 10.3 Å². The molecule has 2 aromatic rings. The summed E-state index contributed by atoms with van der Waals surface area (Å²) in [7, 11) is 0. The van der Waals surface area contributed by atoms with Crippen LogP contribution in [0.5, 0.6) is 0 Å². The standard InChI is InChI=1S/C17H13Cl2N3O3/c1-8-3-14-15(4-9(8)2)21-17(23)7-13(20-14)10-5-16(22(24)25)12(19)6-11(10)18/h3-6H,7H2,1-2H3,(H,21,23). The van der Waals surface area contributed by atoms with Crippen molar-refractivity contribution in [3.63, 3.8) is 0 Å². The van der Waals surface area contributed by atoms with E-state index in [1.165, 1.54) is 12.1 Å². The first-order valence-corrected chi connectivity index (χ1v) is 8.14. The van der Waals surface area contributed by atoms with Gasteiger partial charge in [0.15, 0.2) is 0 Å². The summed E-state index contributed by atoms with van der Waals surface area (Å²) in [5.74, 6) is -0.269. The Balaban J connectivity index is 2.20. The third kappa shape index (κ3) is 3.36. The van der Waals surface area contributed by atoms with Gasteiger partial charge in [0.1, 0.15) is 5.02 Å². The molecule has 1 N–H and O–H groups in total. The van der Waals surface area contributed by atoms with Gasteiger partial charge in [-0.15, -0.1) is 0 Å². The molecule has 0 fully saturated rings. The highest BCUT2D eigenvalue weighted by Gasteiger charge is 2.23. The van der Waals surface area contributed by atoms with Gasteiger partial charge in [-0.2, -0.15) is 0 Å². The molecule has 25 heavy (non-hydrogen) atoms. The van der Waals surface area contributed by atoms with E-state index in [9.17, 15) is 14.9 Å². The number of anilines is 1. The van der Waals surface area contributed by atoms with Crippen LogP contribution in [0, 0.1) is 24.0 Å². The van der Waals surface area contributed by atoms with E-state index in [0.29, 0.717) is 22.6 Å². The number of nitro benzene ring substituents is 1. The summed E-state index contributed by atoms with van der Waals surface area (Å²) >= 11 is 12.1. The first-order chi connectivity index (χ1) is 11.8. The van der Waals surface area contributed by atoms with Crippen LogP contribution in [0.1, 0.15) is 23.1 Å². The molecule has 6 nitrogen and oxygen atoms in total. The Labute approximate surface area is 153 Å². The molecule has 1 aliphatic heterocycles. The maximum atomic E-state index is 12.2. The molecule has 0 aromatic heterocycles. The van der Waals surface area contributed by atoms with Crippen molar-refractivity contribution < 1.29 is 9.72 Å². The van der Waals surface area contributed by atoms with Crippen LogP contribution in [-0.4, -0.2) is 16.5 Å². The SMILES string of the molecule is Cc1cc2c(cc1C)NC(=O)CC(c1cc([N+](=O)[O-])c(Cl)cc1Cl)=N2.